The molecule has 2 aromatic carbocycles. The van der Waals surface area contributed by atoms with Crippen LogP contribution < -0.4 is 5.32 Å². The van der Waals surface area contributed by atoms with Crippen molar-refractivity contribution in [2.24, 2.45) is 0 Å². The zero-order valence-corrected chi connectivity index (χ0v) is 19.7. The van der Waals surface area contributed by atoms with Gasteiger partial charge in [0, 0.05) is 12.8 Å². The lowest BCUT2D eigenvalue weighted by molar-refractivity contribution is -0.120. The molecule has 0 atom stereocenters. The predicted octanol–water partition coefficient (Wildman–Crippen LogP) is 4.01. The Morgan fingerprint density at radius 1 is 1.09 bits per heavy atom. The Balaban J connectivity index is 1.88. The Kier molecular flexibility index (Phi) is 7.31. The first-order chi connectivity index (χ1) is 15.1. The van der Waals surface area contributed by atoms with E-state index in [1.165, 1.54) is 18.4 Å². The van der Waals surface area contributed by atoms with Crippen LogP contribution in [-0.4, -0.2) is 52.7 Å². The summed E-state index contributed by atoms with van der Waals surface area (Å²) >= 11 is 0. The van der Waals surface area contributed by atoms with Gasteiger partial charge in [-0.3, -0.25) is 4.79 Å². The average Bonchev–Trinajstić information content (AvgIpc) is 2.96. The molecule has 0 spiro atoms. The van der Waals surface area contributed by atoms with Crippen LogP contribution in [0.3, 0.4) is 0 Å². The van der Waals surface area contributed by atoms with Crippen molar-refractivity contribution >= 4 is 33.0 Å². The van der Waals surface area contributed by atoms with Crippen molar-refractivity contribution in [2.75, 3.05) is 33.4 Å². The quantitative estimate of drug-likeness (QED) is 0.610. The third-order valence-electron chi connectivity index (χ3n) is 5.51. The van der Waals surface area contributed by atoms with Crippen molar-refractivity contribution in [1.82, 2.24) is 10.2 Å². The number of rotatable bonds is 8. The second-order valence-corrected chi connectivity index (χ2v) is 10.4. The van der Waals surface area contributed by atoms with Crippen LogP contribution in [0.5, 0.6) is 0 Å². The van der Waals surface area contributed by atoms with Crippen molar-refractivity contribution in [3.8, 4) is 0 Å². The fourth-order valence-corrected chi connectivity index (χ4v) is 4.44. The van der Waals surface area contributed by atoms with E-state index in [9.17, 15) is 17.6 Å². The van der Waals surface area contributed by atoms with Crippen LogP contribution in [0.15, 0.2) is 52.9 Å². The van der Waals surface area contributed by atoms with Gasteiger partial charge in [-0.05, 0) is 97.7 Å². The zero-order valence-electron chi connectivity index (χ0n) is 18.9. The lowest BCUT2D eigenvalue weighted by atomic mass is 10.0. The van der Waals surface area contributed by atoms with Crippen LogP contribution in [0.25, 0.3) is 17.2 Å². The maximum atomic E-state index is 14.0. The molecular weight excluding hydrogens is 427 g/mol. The van der Waals surface area contributed by atoms with Gasteiger partial charge in [-0.1, -0.05) is 18.2 Å². The van der Waals surface area contributed by atoms with Crippen LogP contribution in [0.2, 0.25) is 0 Å². The summed E-state index contributed by atoms with van der Waals surface area (Å²) in [5.74, 6) is -0.439. The van der Waals surface area contributed by atoms with Crippen LogP contribution >= 0.6 is 0 Å². The first-order valence-electron chi connectivity index (χ1n) is 10.5. The van der Waals surface area contributed by atoms with Gasteiger partial charge in [0.05, 0.1) is 11.3 Å². The van der Waals surface area contributed by atoms with E-state index in [1.54, 1.807) is 30.3 Å². The summed E-state index contributed by atoms with van der Waals surface area (Å²) in [6, 6.07) is 11.3. The summed E-state index contributed by atoms with van der Waals surface area (Å²) in [6.07, 6.45) is 4.15. The van der Waals surface area contributed by atoms with Gasteiger partial charge in [-0.2, -0.15) is 0 Å². The van der Waals surface area contributed by atoms with Crippen molar-refractivity contribution in [2.45, 2.75) is 24.7 Å². The van der Waals surface area contributed by atoms with Crippen LogP contribution in [0, 0.1) is 5.82 Å². The molecule has 2 aromatic rings. The number of carbonyl (C=O) groups is 1. The number of carbonyl (C=O) groups excluding carboxylic acids is 1. The molecule has 7 heteroatoms. The second-order valence-electron chi connectivity index (χ2n) is 8.38. The Morgan fingerprint density at radius 2 is 1.78 bits per heavy atom. The molecule has 0 radical (unpaired) electrons. The van der Waals surface area contributed by atoms with E-state index in [4.69, 9.17) is 0 Å². The maximum absolute atomic E-state index is 14.0. The van der Waals surface area contributed by atoms with Crippen molar-refractivity contribution in [1.29, 1.82) is 0 Å². The number of hydrogen-bond donors (Lipinski definition) is 1. The molecule has 32 heavy (non-hydrogen) atoms. The zero-order chi connectivity index (χ0) is 23.5. The highest BCUT2D eigenvalue weighted by molar-refractivity contribution is 7.90. The van der Waals surface area contributed by atoms with Gasteiger partial charge in [0.25, 0.3) is 0 Å². The summed E-state index contributed by atoms with van der Waals surface area (Å²) in [4.78, 5) is 14.9. The number of amides is 1. The molecule has 170 valence electrons. The maximum Gasteiger partial charge on any atom is 0.224 e. The normalized spacial score (nSPS) is 14.9. The number of fused-ring (bicyclic) bond motifs is 1. The molecule has 0 bridgehead atoms. The monoisotopic (exact) mass is 456 g/mol. The van der Waals surface area contributed by atoms with Crippen molar-refractivity contribution < 1.29 is 17.6 Å². The van der Waals surface area contributed by atoms with E-state index in [0.717, 1.165) is 46.4 Å². The van der Waals surface area contributed by atoms with Crippen LogP contribution in [-0.2, 0) is 14.6 Å². The molecular formula is C25H29FN2O3S. The predicted molar refractivity (Wildman–Crippen MR) is 127 cm³/mol. The molecule has 0 aliphatic heterocycles. The van der Waals surface area contributed by atoms with Crippen molar-refractivity contribution in [3.05, 3.63) is 70.5 Å². The highest BCUT2D eigenvalue weighted by Gasteiger charge is 2.25. The van der Waals surface area contributed by atoms with Crippen LogP contribution in [0.1, 0.15) is 36.5 Å². The van der Waals surface area contributed by atoms with Gasteiger partial charge in [-0.15, -0.1) is 0 Å². The summed E-state index contributed by atoms with van der Waals surface area (Å²) in [7, 11) is 0.711. The molecule has 0 unspecified atom stereocenters. The summed E-state index contributed by atoms with van der Waals surface area (Å²) in [5.41, 5.74) is 5.06. The van der Waals surface area contributed by atoms with Gasteiger partial charge in [-0.25, -0.2) is 12.8 Å². The van der Waals surface area contributed by atoms with Gasteiger partial charge >= 0.3 is 0 Å². The Bertz CT molecular complexity index is 1180. The van der Waals surface area contributed by atoms with E-state index in [0.29, 0.717) is 6.54 Å². The average molecular weight is 457 g/mol. The minimum atomic E-state index is -3.27. The highest BCUT2D eigenvalue weighted by Crippen LogP contribution is 2.43. The van der Waals surface area contributed by atoms with E-state index in [2.05, 4.69) is 10.2 Å². The molecule has 0 saturated carbocycles. The third kappa shape index (κ3) is 5.72. The van der Waals surface area contributed by atoms with E-state index in [1.807, 2.05) is 27.1 Å². The van der Waals surface area contributed by atoms with Crippen LogP contribution in [0.4, 0.5) is 4.39 Å². The number of hydrogen-bond acceptors (Lipinski definition) is 4. The number of halogens is 1. The molecule has 0 heterocycles. The Labute approximate surface area is 189 Å². The molecule has 5 nitrogen and oxygen atoms in total. The summed E-state index contributed by atoms with van der Waals surface area (Å²) in [5, 5.41) is 2.95. The minimum Gasteiger partial charge on any atom is -0.356 e. The molecule has 1 N–H and O–H groups in total. The summed E-state index contributed by atoms with van der Waals surface area (Å²) < 4.78 is 37.5. The molecule has 1 aliphatic carbocycles. The topological polar surface area (TPSA) is 66.5 Å². The fourth-order valence-electron chi connectivity index (χ4n) is 3.81. The lowest BCUT2D eigenvalue weighted by Gasteiger charge is -2.11. The summed E-state index contributed by atoms with van der Waals surface area (Å²) in [6.45, 7) is 3.42. The largest absolute Gasteiger partial charge is 0.356 e. The molecule has 0 aromatic heterocycles. The van der Waals surface area contributed by atoms with Gasteiger partial charge in [0.15, 0.2) is 9.84 Å². The third-order valence-corrected chi connectivity index (χ3v) is 6.64. The Hall–Kier alpha value is -2.77. The van der Waals surface area contributed by atoms with Gasteiger partial charge in [0.1, 0.15) is 5.82 Å². The van der Waals surface area contributed by atoms with E-state index >= 15 is 0 Å². The number of nitrogens with one attached hydrogen (secondary N) is 1. The first kappa shape index (κ1) is 23.9. The number of benzene rings is 2. The molecule has 0 saturated heterocycles. The van der Waals surface area contributed by atoms with E-state index < -0.39 is 9.84 Å². The molecule has 0 fully saturated rings. The number of allylic oxidation sites excluding steroid dienone is 2. The first-order valence-corrected chi connectivity index (χ1v) is 12.4. The number of nitrogens with zero attached hydrogens (tertiary/aromatic N) is 1. The molecule has 1 amide bonds. The second kappa shape index (κ2) is 9.79. The number of sulfone groups is 1. The fraction of sp³-hybridized carbons (Fsp3) is 0.320. The molecule has 3 rings (SSSR count). The lowest BCUT2D eigenvalue weighted by Crippen LogP contribution is -2.27. The van der Waals surface area contributed by atoms with E-state index in [-0.39, 0.29) is 23.0 Å². The standard InChI is InChI=1S/C25H29FN2O3S/c1-17-22(14-18-6-9-20(10-7-18)32(4,30)31)21-11-8-19(26)15-24(21)23(17)16-25(29)27-12-5-13-28(2)3/h6-11,14-15H,5,12-13,16H2,1-4H3,(H,27,29)/b22-14-. The SMILES string of the molecule is CC1=C(CC(=O)NCCCN(C)C)c2cc(F)ccc2/C1=C\c1ccc(S(C)(=O)=O)cc1. The highest BCUT2D eigenvalue weighted by atomic mass is 32.2. The minimum absolute atomic E-state index is 0.0907. The molecule has 1 aliphatic rings. The smallest absolute Gasteiger partial charge is 0.224 e. The van der Waals surface area contributed by atoms with Gasteiger partial charge in [0.2, 0.25) is 5.91 Å². The van der Waals surface area contributed by atoms with Gasteiger partial charge < -0.3 is 10.2 Å². The Morgan fingerprint density at radius 3 is 2.41 bits per heavy atom. The van der Waals surface area contributed by atoms with Crippen molar-refractivity contribution in [3.63, 3.8) is 0 Å².